The van der Waals surface area contributed by atoms with Crippen LogP contribution in [0.4, 0.5) is 38.3 Å². The van der Waals surface area contributed by atoms with Crippen LogP contribution in [0.15, 0.2) is 30.5 Å². The maximum Gasteiger partial charge on any atom is 0.394 e. The summed E-state index contributed by atoms with van der Waals surface area (Å²) >= 11 is 0. The molecule has 3 N–H and O–H groups in total. The Balaban J connectivity index is 1.83. The SMILES string of the molecule is CNc1cc2nc(C)c(-c3cc(NC(=O)NCCC(C)(C)C(F)(F)F)c(F)cc3F)cc2cn1. The molecule has 34 heavy (non-hydrogen) atoms. The zero-order valence-electron chi connectivity index (χ0n) is 19.0. The van der Waals surface area contributed by atoms with Crippen molar-refractivity contribution in [2.45, 2.75) is 33.4 Å². The molecule has 0 unspecified atom stereocenters. The molecule has 0 bridgehead atoms. The largest absolute Gasteiger partial charge is 0.394 e. The second kappa shape index (κ2) is 9.40. The molecule has 2 amide bonds. The first-order valence-corrected chi connectivity index (χ1v) is 10.4. The number of rotatable bonds is 6. The predicted molar refractivity (Wildman–Crippen MR) is 121 cm³/mol. The number of urea groups is 1. The number of nitrogens with one attached hydrogen (secondary N) is 3. The Bertz CT molecular complexity index is 1230. The molecule has 0 saturated carbocycles. The molecule has 0 radical (unpaired) electrons. The first kappa shape index (κ1) is 25.1. The Morgan fingerprint density at radius 1 is 1.03 bits per heavy atom. The van der Waals surface area contributed by atoms with Gasteiger partial charge < -0.3 is 16.0 Å². The van der Waals surface area contributed by atoms with Crippen LogP contribution in [-0.2, 0) is 0 Å². The molecular weight excluding hydrogens is 457 g/mol. The number of pyridine rings is 2. The number of aryl methyl sites for hydroxylation is 1. The number of hydrogen-bond donors (Lipinski definition) is 3. The zero-order valence-corrected chi connectivity index (χ0v) is 19.0. The van der Waals surface area contributed by atoms with Crippen molar-refractivity contribution in [1.29, 1.82) is 0 Å². The van der Waals surface area contributed by atoms with Crippen LogP contribution in [0.1, 0.15) is 26.0 Å². The van der Waals surface area contributed by atoms with Crippen LogP contribution in [0.3, 0.4) is 0 Å². The van der Waals surface area contributed by atoms with Gasteiger partial charge in [0.2, 0.25) is 0 Å². The summed E-state index contributed by atoms with van der Waals surface area (Å²) in [5, 5.41) is 8.03. The van der Waals surface area contributed by atoms with Gasteiger partial charge in [-0.1, -0.05) is 13.8 Å². The summed E-state index contributed by atoms with van der Waals surface area (Å²) in [6.07, 6.45) is -3.24. The molecule has 6 nitrogen and oxygen atoms in total. The van der Waals surface area contributed by atoms with Gasteiger partial charge in [-0.2, -0.15) is 13.2 Å². The van der Waals surface area contributed by atoms with Gasteiger partial charge in [-0.25, -0.2) is 18.6 Å². The second-order valence-electron chi connectivity index (χ2n) is 8.46. The molecule has 3 aromatic rings. The number of amides is 2. The minimum atomic E-state index is -4.43. The molecule has 2 aromatic heterocycles. The van der Waals surface area contributed by atoms with Crippen molar-refractivity contribution in [2.75, 3.05) is 24.2 Å². The second-order valence-corrected chi connectivity index (χ2v) is 8.46. The molecule has 0 spiro atoms. The molecule has 0 aliphatic heterocycles. The van der Waals surface area contributed by atoms with Crippen molar-refractivity contribution < 1.29 is 26.7 Å². The van der Waals surface area contributed by atoms with Crippen LogP contribution < -0.4 is 16.0 Å². The first-order valence-electron chi connectivity index (χ1n) is 10.4. The average molecular weight is 481 g/mol. The summed E-state index contributed by atoms with van der Waals surface area (Å²) in [7, 11) is 1.71. The summed E-state index contributed by atoms with van der Waals surface area (Å²) in [4.78, 5) is 20.8. The predicted octanol–water partition coefficient (Wildman–Crippen LogP) is 6.03. The molecule has 3 rings (SSSR count). The Kier molecular flexibility index (Phi) is 6.94. The van der Waals surface area contributed by atoms with Gasteiger partial charge in [-0.05, 0) is 25.5 Å². The number of carbonyl (C=O) groups is 1. The lowest BCUT2D eigenvalue weighted by atomic mass is 9.89. The molecular formula is C23H24F5N5O. The minimum Gasteiger partial charge on any atom is -0.373 e. The van der Waals surface area contributed by atoms with Gasteiger partial charge in [0.1, 0.15) is 17.5 Å². The fourth-order valence-corrected chi connectivity index (χ4v) is 3.22. The molecule has 0 atom stereocenters. The molecule has 0 saturated heterocycles. The molecule has 1 aromatic carbocycles. The van der Waals surface area contributed by atoms with Crippen molar-refractivity contribution in [3.05, 3.63) is 47.8 Å². The number of fused-ring (bicyclic) bond motifs is 1. The Labute approximate surface area is 193 Å². The van der Waals surface area contributed by atoms with E-state index in [1.54, 1.807) is 32.3 Å². The van der Waals surface area contributed by atoms with Gasteiger partial charge in [0.25, 0.3) is 0 Å². The number of benzene rings is 1. The summed E-state index contributed by atoms with van der Waals surface area (Å²) in [5.74, 6) is -1.28. The van der Waals surface area contributed by atoms with E-state index in [4.69, 9.17) is 0 Å². The maximum absolute atomic E-state index is 14.7. The monoisotopic (exact) mass is 481 g/mol. The van der Waals surface area contributed by atoms with Crippen LogP contribution >= 0.6 is 0 Å². The van der Waals surface area contributed by atoms with E-state index < -0.39 is 29.3 Å². The summed E-state index contributed by atoms with van der Waals surface area (Å²) < 4.78 is 67.8. The van der Waals surface area contributed by atoms with Gasteiger partial charge in [-0.3, -0.25) is 4.98 Å². The molecule has 0 fully saturated rings. The Morgan fingerprint density at radius 3 is 2.38 bits per heavy atom. The van der Waals surface area contributed by atoms with Crippen LogP contribution in [0, 0.1) is 24.0 Å². The fraction of sp³-hybridized carbons (Fsp3) is 0.348. The number of hydrogen-bond acceptors (Lipinski definition) is 4. The maximum atomic E-state index is 14.7. The van der Waals surface area contributed by atoms with Crippen molar-refractivity contribution in [2.24, 2.45) is 5.41 Å². The topological polar surface area (TPSA) is 78.9 Å². The van der Waals surface area contributed by atoms with Crippen LogP contribution in [-0.4, -0.2) is 35.8 Å². The highest BCUT2D eigenvalue weighted by Gasteiger charge is 2.46. The highest BCUT2D eigenvalue weighted by Crippen LogP contribution is 2.40. The summed E-state index contributed by atoms with van der Waals surface area (Å²) in [5.41, 5.74) is -0.859. The lowest BCUT2D eigenvalue weighted by molar-refractivity contribution is -0.213. The fourth-order valence-electron chi connectivity index (χ4n) is 3.22. The lowest BCUT2D eigenvalue weighted by Crippen LogP contribution is -2.37. The third-order valence-corrected chi connectivity index (χ3v) is 5.54. The van der Waals surface area contributed by atoms with Crippen LogP contribution in [0.5, 0.6) is 0 Å². The highest BCUT2D eigenvalue weighted by atomic mass is 19.4. The third-order valence-electron chi connectivity index (χ3n) is 5.54. The number of anilines is 2. The zero-order chi connectivity index (χ0) is 25.3. The van der Waals surface area contributed by atoms with Crippen LogP contribution in [0.25, 0.3) is 22.0 Å². The van der Waals surface area contributed by atoms with E-state index in [1.807, 2.05) is 0 Å². The summed E-state index contributed by atoms with van der Waals surface area (Å²) in [6.45, 7) is 3.42. The van der Waals surface area contributed by atoms with E-state index in [0.29, 0.717) is 34.0 Å². The number of aromatic nitrogens is 2. The van der Waals surface area contributed by atoms with E-state index in [2.05, 4.69) is 25.9 Å². The molecule has 0 aliphatic carbocycles. The summed E-state index contributed by atoms with van der Waals surface area (Å²) in [6, 6.07) is 4.22. The van der Waals surface area contributed by atoms with E-state index in [0.717, 1.165) is 19.9 Å². The van der Waals surface area contributed by atoms with Gasteiger partial charge >= 0.3 is 12.2 Å². The van der Waals surface area contributed by atoms with Gasteiger partial charge in [0.15, 0.2) is 0 Å². The van der Waals surface area contributed by atoms with E-state index in [-0.39, 0.29) is 24.2 Å². The highest BCUT2D eigenvalue weighted by molar-refractivity contribution is 5.91. The molecule has 0 aliphatic rings. The average Bonchev–Trinajstić information content (AvgIpc) is 2.74. The van der Waals surface area contributed by atoms with Gasteiger partial charge in [0, 0.05) is 54.1 Å². The standard InChI is InChI=1S/C23H24F5N5O/c1-12-14(7-13-11-31-20(29-4)10-18(13)32-12)15-8-19(17(25)9-16(15)24)33-21(34)30-6-5-22(2,3)23(26,27)28/h7-11H,5-6H2,1-4H3,(H,29,31)(H2,30,33,34). The van der Waals surface area contributed by atoms with Gasteiger partial charge in [-0.15, -0.1) is 0 Å². The quantitative estimate of drug-likeness (QED) is 0.376. The number of nitrogens with zero attached hydrogens (tertiary/aromatic N) is 2. The smallest absolute Gasteiger partial charge is 0.373 e. The lowest BCUT2D eigenvalue weighted by Gasteiger charge is -2.27. The van der Waals surface area contributed by atoms with Crippen molar-refractivity contribution in [3.8, 4) is 11.1 Å². The Hall–Kier alpha value is -3.50. The third kappa shape index (κ3) is 5.35. The number of alkyl halides is 3. The number of halogens is 5. The first-order chi connectivity index (χ1) is 15.8. The van der Waals surface area contributed by atoms with Crippen molar-refractivity contribution in [3.63, 3.8) is 0 Å². The van der Waals surface area contributed by atoms with E-state index >= 15 is 0 Å². The normalized spacial score (nSPS) is 12.0. The van der Waals surface area contributed by atoms with E-state index in [9.17, 15) is 26.7 Å². The molecule has 182 valence electrons. The Morgan fingerprint density at radius 2 is 1.74 bits per heavy atom. The van der Waals surface area contributed by atoms with Gasteiger partial charge in [0.05, 0.1) is 16.6 Å². The van der Waals surface area contributed by atoms with Crippen molar-refractivity contribution >= 4 is 28.4 Å². The van der Waals surface area contributed by atoms with Crippen LogP contribution in [0.2, 0.25) is 0 Å². The minimum absolute atomic E-state index is 0.000465. The number of carbonyl (C=O) groups excluding carboxylic acids is 1. The molecule has 11 heteroatoms. The molecule has 2 heterocycles. The van der Waals surface area contributed by atoms with Crippen molar-refractivity contribution in [1.82, 2.24) is 15.3 Å². The van der Waals surface area contributed by atoms with E-state index in [1.165, 1.54) is 0 Å².